The van der Waals surface area contributed by atoms with Crippen molar-refractivity contribution in [3.63, 3.8) is 0 Å². The lowest BCUT2D eigenvalue weighted by Gasteiger charge is -2.18. The summed E-state index contributed by atoms with van der Waals surface area (Å²) in [6.45, 7) is 1.96. The molecule has 0 spiro atoms. The van der Waals surface area contributed by atoms with E-state index >= 15 is 0 Å². The van der Waals surface area contributed by atoms with Crippen molar-refractivity contribution in [2.24, 2.45) is 0 Å². The summed E-state index contributed by atoms with van der Waals surface area (Å²) in [4.78, 5) is 0. The molecule has 0 heterocycles. The summed E-state index contributed by atoms with van der Waals surface area (Å²) < 4.78 is 32.4. The van der Waals surface area contributed by atoms with Crippen LogP contribution in [0.5, 0.6) is 5.75 Å². The van der Waals surface area contributed by atoms with E-state index in [0.29, 0.717) is 12.0 Å². The maximum Gasteiger partial charge on any atom is 0.162 e. The minimum absolute atomic E-state index is 0.115. The predicted octanol–water partition coefficient (Wildman–Crippen LogP) is 3.79. The Morgan fingerprint density at radius 2 is 1.95 bits per heavy atom. The van der Waals surface area contributed by atoms with Gasteiger partial charge in [0.1, 0.15) is 5.75 Å². The average Bonchev–Trinajstić information content (AvgIpc) is 2.49. The summed E-state index contributed by atoms with van der Waals surface area (Å²) in [6.07, 6.45) is 0.367. The fraction of sp³-hybridized carbons (Fsp3) is 0.294. The highest BCUT2D eigenvalue weighted by atomic mass is 19.2. The van der Waals surface area contributed by atoms with Crippen LogP contribution in [0.15, 0.2) is 36.4 Å². The van der Waals surface area contributed by atoms with Crippen molar-refractivity contribution in [3.05, 3.63) is 64.7 Å². The first-order valence-electron chi connectivity index (χ1n) is 6.81. The Morgan fingerprint density at radius 1 is 1.19 bits per heavy atom. The highest BCUT2D eigenvalue weighted by molar-refractivity contribution is 5.38. The van der Waals surface area contributed by atoms with Crippen LogP contribution in [0, 0.1) is 18.6 Å². The highest BCUT2D eigenvalue weighted by Crippen LogP contribution is 2.26. The standard InChI is InChI=1S/C17H19F2NO/c1-11-7-8-12(10-16(11)21-3)15(20-2)9-13-5-4-6-14(18)17(13)19/h4-8,10,15,20H,9H2,1-3H3. The molecule has 112 valence electrons. The van der Waals surface area contributed by atoms with Gasteiger partial charge in [-0.3, -0.25) is 0 Å². The van der Waals surface area contributed by atoms with Gasteiger partial charge in [-0.25, -0.2) is 8.78 Å². The number of hydrogen-bond acceptors (Lipinski definition) is 2. The summed E-state index contributed by atoms with van der Waals surface area (Å²) in [5.74, 6) is -0.812. The molecule has 0 radical (unpaired) electrons. The molecule has 4 heteroatoms. The molecular formula is C17H19F2NO. The third-order valence-electron chi connectivity index (χ3n) is 3.64. The zero-order valence-corrected chi connectivity index (χ0v) is 12.4. The van der Waals surface area contributed by atoms with E-state index in [1.165, 1.54) is 6.07 Å². The Morgan fingerprint density at radius 3 is 2.62 bits per heavy atom. The second kappa shape index (κ2) is 6.68. The van der Waals surface area contributed by atoms with Crippen LogP contribution in [0.1, 0.15) is 22.7 Å². The highest BCUT2D eigenvalue weighted by Gasteiger charge is 2.16. The van der Waals surface area contributed by atoms with Crippen LogP contribution in [0.2, 0.25) is 0 Å². The van der Waals surface area contributed by atoms with Crippen molar-refractivity contribution in [1.29, 1.82) is 0 Å². The van der Waals surface area contributed by atoms with E-state index in [-0.39, 0.29) is 6.04 Å². The van der Waals surface area contributed by atoms with E-state index in [0.717, 1.165) is 22.9 Å². The molecule has 0 saturated heterocycles. The zero-order valence-electron chi connectivity index (χ0n) is 12.4. The van der Waals surface area contributed by atoms with Crippen LogP contribution in [-0.2, 0) is 6.42 Å². The summed E-state index contributed by atoms with van der Waals surface area (Å²) in [6, 6.07) is 9.99. The third-order valence-corrected chi connectivity index (χ3v) is 3.64. The summed E-state index contributed by atoms with van der Waals surface area (Å²) in [5, 5.41) is 3.14. The normalized spacial score (nSPS) is 12.2. The fourth-order valence-electron chi connectivity index (χ4n) is 2.37. The van der Waals surface area contributed by atoms with Gasteiger partial charge in [-0.2, -0.15) is 0 Å². The van der Waals surface area contributed by atoms with Crippen molar-refractivity contribution >= 4 is 0 Å². The fourth-order valence-corrected chi connectivity index (χ4v) is 2.37. The van der Waals surface area contributed by atoms with Gasteiger partial charge in [-0.15, -0.1) is 0 Å². The number of ether oxygens (including phenoxy) is 1. The lowest BCUT2D eigenvalue weighted by Crippen LogP contribution is -2.19. The van der Waals surface area contributed by atoms with E-state index in [1.54, 1.807) is 20.2 Å². The molecular weight excluding hydrogens is 272 g/mol. The molecule has 2 aromatic carbocycles. The monoisotopic (exact) mass is 291 g/mol. The number of methoxy groups -OCH3 is 1. The molecule has 0 aromatic heterocycles. The number of aryl methyl sites for hydroxylation is 1. The number of benzene rings is 2. The SMILES string of the molecule is CNC(Cc1cccc(F)c1F)c1ccc(C)c(OC)c1. The maximum absolute atomic E-state index is 13.8. The van der Waals surface area contributed by atoms with Crippen LogP contribution in [-0.4, -0.2) is 14.2 Å². The topological polar surface area (TPSA) is 21.3 Å². The molecule has 21 heavy (non-hydrogen) atoms. The van der Waals surface area contributed by atoms with E-state index in [2.05, 4.69) is 5.32 Å². The van der Waals surface area contributed by atoms with Gasteiger partial charge < -0.3 is 10.1 Å². The van der Waals surface area contributed by atoms with Gasteiger partial charge in [0.2, 0.25) is 0 Å². The first-order chi connectivity index (χ1) is 10.1. The van der Waals surface area contributed by atoms with Gasteiger partial charge in [0.25, 0.3) is 0 Å². The Hall–Kier alpha value is -1.94. The third kappa shape index (κ3) is 3.39. The Kier molecular flexibility index (Phi) is 4.91. The Labute approximate surface area is 123 Å². The summed E-state index contributed by atoms with van der Waals surface area (Å²) in [7, 11) is 3.42. The molecule has 0 bridgehead atoms. The quantitative estimate of drug-likeness (QED) is 0.905. The lowest BCUT2D eigenvalue weighted by molar-refractivity contribution is 0.410. The molecule has 2 aromatic rings. The molecule has 1 atom stereocenters. The smallest absolute Gasteiger partial charge is 0.162 e. The van der Waals surface area contributed by atoms with Crippen LogP contribution in [0.4, 0.5) is 8.78 Å². The molecule has 0 amide bonds. The number of nitrogens with one attached hydrogen (secondary N) is 1. The van der Waals surface area contributed by atoms with E-state index in [1.807, 2.05) is 25.1 Å². The van der Waals surface area contributed by atoms with Gasteiger partial charge in [0.05, 0.1) is 7.11 Å². The van der Waals surface area contributed by atoms with Crippen molar-refractivity contribution in [3.8, 4) is 5.75 Å². The molecule has 0 fully saturated rings. The van der Waals surface area contributed by atoms with Crippen LogP contribution >= 0.6 is 0 Å². The van der Waals surface area contributed by atoms with Crippen molar-refractivity contribution in [1.82, 2.24) is 5.32 Å². The van der Waals surface area contributed by atoms with Gasteiger partial charge in [-0.05, 0) is 49.2 Å². The second-order valence-corrected chi connectivity index (χ2v) is 4.99. The first kappa shape index (κ1) is 15.4. The molecule has 1 unspecified atom stereocenters. The molecule has 0 aliphatic heterocycles. The number of rotatable bonds is 5. The van der Waals surface area contributed by atoms with Crippen molar-refractivity contribution < 1.29 is 13.5 Å². The molecule has 0 aliphatic rings. The van der Waals surface area contributed by atoms with Gasteiger partial charge in [0.15, 0.2) is 11.6 Å². The van der Waals surface area contributed by atoms with Crippen LogP contribution < -0.4 is 10.1 Å². The van der Waals surface area contributed by atoms with Crippen molar-refractivity contribution in [2.75, 3.05) is 14.2 Å². The average molecular weight is 291 g/mol. The first-order valence-corrected chi connectivity index (χ1v) is 6.81. The van der Waals surface area contributed by atoms with Gasteiger partial charge >= 0.3 is 0 Å². The molecule has 0 aliphatic carbocycles. The van der Waals surface area contributed by atoms with Crippen LogP contribution in [0.25, 0.3) is 0 Å². The van der Waals surface area contributed by atoms with Gasteiger partial charge in [0, 0.05) is 6.04 Å². The zero-order chi connectivity index (χ0) is 15.4. The molecule has 2 nitrogen and oxygen atoms in total. The lowest BCUT2D eigenvalue weighted by atomic mass is 9.97. The summed E-state index contributed by atoms with van der Waals surface area (Å²) >= 11 is 0. The largest absolute Gasteiger partial charge is 0.496 e. The number of likely N-dealkylation sites (N-methyl/N-ethyl adjacent to an activating group) is 1. The second-order valence-electron chi connectivity index (χ2n) is 4.99. The van der Waals surface area contributed by atoms with E-state index in [4.69, 9.17) is 4.74 Å². The van der Waals surface area contributed by atoms with Gasteiger partial charge in [-0.1, -0.05) is 24.3 Å². The van der Waals surface area contributed by atoms with Crippen molar-refractivity contribution in [2.45, 2.75) is 19.4 Å². The molecule has 2 rings (SSSR count). The summed E-state index contributed by atoms with van der Waals surface area (Å²) in [5.41, 5.74) is 2.37. The van der Waals surface area contributed by atoms with E-state index in [9.17, 15) is 8.78 Å². The number of hydrogen-bond donors (Lipinski definition) is 1. The molecule has 1 N–H and O–H groups in total. The minimum atomic E-state index is -0.816. The number of halogens is 2. The minimum Gasteiger partial charge on any atom is -0.496 e. The Balaban J connectivity index is 2.30. The van der Waals surface area contributed by atoms with E-state index < -0.39 is 11.6 Å². The molecule has 0 saturated carbocycles. The maximum atomic E-state index is 13.8. The van der Waals surface area contributed by atoms with Crippen LogP contribution in [0.3, 0.4) is 0 Å². The predicted molar refractivity (Wildman–Crippen MR) is 79.6 cm³/mol. The Bertz CT molecular complexity index is 628.